The predicted molar refractivity (Wildman–Crippen MR) is 60.1 cm³/mol. The molecule has 15 heavy (non-hydrogen) atoms. The number of methoxy groups -OCH3 is 1. The molecule has 0 aromatic heterocycles. The topological polar surface area (TPSA) is 38.3 Å². The number of nitrogens with one attached hydrogen (secondary N) is 1. The number of hydrogen-bond donors (Lipinski definition) is 1. The normalized spacial score (nSPS) is 10.2. The lowest BCUT2D eigenvalue weighted by atomic mass is 10.1. The number of Topliss-reactive ketones (excluding diaryl/α,β-unsaturated/α-hetero) is 1. The van der Waals surface area contributed by atoms with Crippen LogP contribution in [0, 0.1) is 0 Å². The number of benzene rings is 1. The number of carbonyl (C=O) groups is 1. The van der Waals surface area contributed by atoms with Gasteiger partial charge in [0, 0.05) is 19.3 Å². The third-order valence-corrected chi connectivity index (χ3v) is 2.08. The lowest BCUT2D eigenvalue weighted by Gasteiger charge is -2.03. The second kappa shape index (κ2) is 7.15. The van der Waals surface area contributed by atoms with Crippen LogP contribution in [0.4, 0.5) is 0 Å². The van der Waals surface area contributed by atoms with Crippen molar-refractivity contribution in [2.45, 2.75) is 6.42 Å². The first-order chi connectivity index (χ1) is 7.34. The van der Waals surface area contributed by atoms with Gasteiger partial charge < -0.3 is 10.1 Å². The zero-order valence-corrected chi connectivity index (χ0v) is 9.03. The molecule has 1 aromatic rings. The van der Waals surface area contributed by atoms with Crippen molar-refractivity contribution in [3.8, 4) is 0 Å². The first-order valence-electron chi connectivity index (χ1n) is 5.12. The molecule has 0 saturated heterocycles. The summed E-state index contributed by atoms with van der Waals surface area (Å²) in [7, 11) is 1.68. The van der Waals surface area contributed by atoms with Gasteiger partial charge in [0.25, 0.3) is 0 Å². The Hall–Kier alpha value is -1.19. The molecule has 1 rings (SSSR count). The minimum Gasteiger partial charge on any atom is -0.385 e. The fraction of sp³-hybridized carbons (Fsp3) is 0.417. The van der Waals surface area contributed by atoms with Crippen LogP contribution in [0.3, 0.4) is 0 Å². The summed E-state index contributed by atoms with van der Waals surface area (Å²) in [5, 5.41) is 3.09. The van der Waals surface area contributed by atoms with E-state index in [1.807, 2.05) is 30.3 Å². The van der Waals surface area contributed by atoms with Crippen molar-refractivity contribution in [3.63, 3.8) is 0 Å². The number of rotatable bonds is 7. The van der Waals surface area contributed by atoms with E-state index in [1.54, 1.807) is 7.11 Å². The highest BCUT2D eigenvalue weighted by Crippen LogP contribution is 1.98. The first kappa shape index (κ1) is 11.9. The molecule has 0 spiro atoms. The number of carbonyl (C=O) groups excluding carboxylic acids is 1. The molecule has 3 heteroatoms. The average Bonchev–Trinajstić information content (AvgIpc) is 2.30. The molecule has 0 aliphatic rings. The molecule has 0 fully saturated rings. The summed E-state index contributed by atoms with van der Waals surface area (Å²) < 4.78 is 4.91. The van der Waals surface area contributed by atoms with Gasteiger partial charge in [0.2, 0.25) is 0 Å². The number of ether oxygens (including phenoxy) is 1. The molecule has 0 unspecified atom stereocenters. The van der Waals surface area contributed by atoms with Gasteiger partial charge in [-0.2, -0.15) is 0 Å². The van der Waals surface area contributed by atoms with Crippen molar-refractivity contribution in [1.82, 2.24) is 5.32 Å². The summed E-state index contributed by atoms with van der Waals surface area (Å²) in [5.41, 5.74) is 0.761. The van der Waals surface area contributed by atoms with E-state index in [2.05, 4.69) is 5.32 Å². The molecule has 82 valence electrons. The van der Waals surface area contributed by atoms with Crippen LogP contribution in [-0.2, 0) is 4.74 Å². The molecule has 0 radical (unpaired) electrons. The van der Waals surface area contributed by atoms with Crippen LogP contribution >= 0.6 is 0 Å². The van der Waals surface area contributed by atoms with Crippen LogP contribution in [0.15, 0.2) is 30.3 Å². The van der Waals surface area contributed by atoms with E-state index in [4.69, 9.17) is 4.74 Å². The summed E-state index contributed by atoms with van der Waals surface area (Å²) in [4.78, 5) is 11.6. The minimum absolute atomic E-state index is 0.132. The molecule has 0 amide bonds. The van der Waals surface area contributed by atoms with Crippen molar-refractivity contribution >= 4 is 5.78 Å². The molecule has 1 N–H and O–H groups in total. The maximum absolute atomic E-state index is 11.6. The SMILES string of the molecule is COCCCNCC(=O)c1ccccc1. The molecular formula is C12H17NO2. The Kier molecular flexibility index (Phi) is 5.66. The minimum atomic E-state index is 0.132. The van der Waals surface area contributed by atoms with Crippen molar-refractivity contribution < 1.29 is 9.53 Å². The second-order valence-corrected chi connectivity index (χ2v) is 3.31. The lowest BCUT2D eigenvalue weighted by molar-refractivity contribution is 0.0990. The van der Waals surface area contributed by atoms with E-state index in [0.717, 1.165) is 25.1 Å². The molecule has 0 bridgehead atoms. The van der Waals surface area contributed by atoms with Crippen molar-refractivity contribution in [2.75, 3.05) is 26.8 Å². The summed E-state index contributed by atoms with van der Waals surface area (Å²) in [6.45, 7) is 1.94. The van der Waals surface area contributed by atoms with Crippen LogP contribution in [0.2, 0.25) is 0 Å². The van der Waals surface area contributed by atoms with Crippen LogP contribution < -0.4 is 5.32 Å². The summed E-state index contributed by atoms with van der Waals surface area (Å²) in [6, 6.07) is 9.32. The second-order valence-electron chi connectivity index (χ2n) is 3.31. The third-order valence-electron chi connectivity index (χ3n) is 2.08. The Balaban J connectivity index is 2.20. The van der Waals surface area contributed by atoms with E-state index < -0.39 is 0 Å². The van der Waals surface area contributed by atoms with Crippen LogP contribution in [0.5, 0.6) is 0 Å². The number of hydrogen-bond acceptors (Lipinski definition) is 3. The van der Waals surface area contributed by atoms with E-state index >= 15 is 0 Å². The van der Waals surface area contributed by atoms with Gasteiger partial charge in [-0.15, -0.1) is 0 Å². The van der Waals surface area contributed by atoms with Crippen LogP contribution in [-0.4, -0.2) is 32.6 Å². The Morgan fingerprint density at radius 2 is 2.07 bits per heavy atom. The third kappa shape index (κ3) is 4.72. The van der Waals surface area contributed by atoms with Crippen molar-refractivity contribution in [3.05, 3.63) is 35.9 Å². The van der Waals surface area contributed by atoms with Gasteiger partial charge >= 0.3 is 0 Å². The van der Waals surface area contributed by atoms with Gasteiger partial charge in [0.1, 0.15) is 0 Å². The molecule has 0 saturated carbocycles. The number of ketones is 1. The Labute approximate surface area is 90.4 Å². The smallest absolute Gasteiger partial charge is 0.176 e. The van der Waals surface area contributed by atoms with Gasteiger partial charge in [-0.3, -0.25) is 4.79 Å². The molecular weight excluding hydrogens is 190 g/mol. The summed E-state index contributed by atoms with van der Waals surface area (Å²) in [6.07, 6.45) is 0.929. The van der Waals surface area contributed by atoms with E-state index in [9.17, 15) is 4.79 Å². The zero-order valence-electron chi connectivity index (χ0n) is 9.03. The molecule has 0 aliphatic heterocycles. The van der Waals surface area contributed by atoms with Gasteiger partial charge in [0.15, 0.2) is 5.78 Å². The van der Waals surface area contributed by atoms with Gasteiger partial charge in [-0.25, -0.2) is 0 Å². The predicted octanol–water partition coefficient (Wildman–Crippen LogP) is 1.50. The van der Waals surface area contributed by atoms with Gasteiger partial charge in [0.05, 0.1) is 6.54 Å². The molecule has 1 aromatic carbocycles. The first-order valence-corrected chi connectivity index (χ1v) is 5.12. The summed E-state index contributed by atoms with van der Waals surface area (Å²) >= 11 is 0. The van der Waals surface area contributed by atoms with E-state index in [0.29, 0.717) is 6.54 Å². The van der Waals surface area contributed by atoms with Gasteiger partial charge in [-0.05, 0) is 13.0 Å². The highest BCUT2D eigenvalue weighted by atomic mass is 16.5. The standard InChI is InChI=1S/C12H17NO2/c1-15-9-5-8-13-10-12(14)11-6-3-2-4-7-11/h2-4,6-7,13H,5,8-10H2,1H3. The maximum atomic E-state index is 11.6. The molecule has 0 atom stereocenters. The van der Waals surface area contributed by atoms with Crippen molar-refractivity contribution in [2.24, 2.45) is 0 Å². The largest absolute Gasteiger partial charge is 0.385 e. The Bertz CT molecular complexity index is 285. The summed E-state index contributed by atoms with van der Waals surface area (Å²) in [5.74, 6) is 0.132. The van der Waals surface area contributed by atoms with Crippen LogP contribution in [0.1, 0.15) is 16.8 Å². The average molecular weight is 207 g/mol. The van der Waals surface area contributed by atoms with E-state index in [1.165, 1.54) is 0 Å². The van der Waals surface area contributed by atoms with Crippen molar-refractivity contribution in [1.29, 1.82) is 0 Å². The quantitative estimate of drug-likeness (QED) is 0.544. The fourth-order valence-corrected chi connectivity index (χ4v) is 1.27. The molecule has 0 heterocycles. The van der Waals surface area contributed by atoms with Crippen LogP contribution in [0.25, 0.3) is 0 Å². The maximum Gasteiger partial charge on any atom is 0.176 e. The molecule has 0 aliphatic carbocycles. The molecule has 3 nitrogen and oxygen atoms in total. The van der Waals surface area contributed by atoms with E-state index in [-0.39, 0.29) is 5.78 Å². The Morgan fingerprint density at radius 3 is 2.73 bits per heavy atom. The van der Waals surface area contributed by atoms with Gasteiger partial charge in [-0.1, -0.05) is 30.3 Å². The highest BCUT2D eigenvalue weighted by molar-refractivity contribution is 5.97. The fourth-order valence-electron chi connectivity index (χ4n) is 1.27. The zero-order chi connectivity index (χ0) is 10.9. The lowest BCUT2D eigenvalue weighted by Crippen LogP contribution is -2.24. The Morgan fingerprint density at radius 1 is 1.33 bits per heavy atom. The monoisotopic (exact) mass is 207 g/mol. The highest BCUT2D eigenvalue weighted by Gasteiger charge is 2.02.